The predicted octanol–water partition coefficient (Wildman–Crippen LogP) is 3.79. The van der Waals surface area contributed by atoms with Gasteiger partial charge >= 0.3 is 5.97 Å². The van der Waals surface area contributed by atoms with Crippen LogP contribution in [0.3, 0.4) is 0 Å². The largest absolute Gasteiger partial charge is 0.480 e. The summed E-state index contributed by atoms with van der Waals surface area (Å²) in [6, 6.07) is 12.1. The molecule has 1 amide bonds. The Bertz CT molecular complexity index is 840. The van der Waals surface area contributed by atoms with Crippen LogP contribution in [0.1, 0.15) is 60.0 Å². The highest BCUT2D eigenvalue weighted by Crippen LogP contribution is 2.33. The first-order valence-corrected chi connectivity index (χ1v) is 9.06. The van der Waals surface area contributed by atoms with E-state index in [0.29, 0.717) is 24.9 Å². The van der Waals surface area contributed by atoms with Crippen LogP contribution in [0.2, 0.25) is 0 Å². The third-order valence-corrected chi connectivity index (χ3v) is 5.73. The molecule has 5 nitrogen and oxygen atoms in total. The first-order chi connectivity index (χ1) is 12.3. The summed E-state index contributed by atoms with van der Waals surface area (Å²) in [5.41, 5.74) is 2.52. The molecule has 26 heavy (non-hydrogen) atoms. The molecular formula is C21H26N2O3. The van der Waals surface area contributed by atoms with E-state index in [1.165, 1.54) is 10.5 Å². The van der Waals surface area contributed by atoms with E-state index in [1.54, 1.807) is 6.92 Å². The highest BCUT2D eigenvalue weighted by molar-refractivity contribution is 5.99. The Kier molecular flexibility index (Phi) is 4.65. The topological polar surface area (TPSA) is 62.5 Å². The van der Waals surface area contributed by atoms with Gasteiger partial charge in [-0.1, -0.05) is 30.3 Å². The highest BCUT2D eigenvalue weighted by Gasteiger charge is 2.46. The molecule has 2 aromatic rings. The number of aliphatic carboxylic acids is 1. The Morgan fingerprint density at radius 2 is 1.85 bits per heavy atom. The van der Waals surface area contributed by atoms with Gasteiger partial charge in [-0.15, -0.1) is 0 Å². The summed E-state index contributed by atoms with van der Waals surface area (Å²) in [6.07, 6.45) is 1.21. The molecule has 1 aromatic heterocycles. The first-order valence-electron chi connectivity index (χ1n) is 9.06. The van der Waals surface area contributed by atoms with Gasteiger partial charge in [0.25, 0.3) is 5.91 Å². The van der Waals surface area contributed by atoms with Gasteiger partial charge in [0.15, 0.2) is 0 Å². The van der Waals surface area contributed by atoms with Crippen LogP contribution in [0.15, 0.2) is 36.4 Å². The monoisotopic (exact) mass is 354 g/mol. The van der Waals surface area contributed by atoms with E-state index in [-0.39, 0.29) is 11.9 Å². The van der Waals surface area contributed by atoms with Gasteiger partial charge in [-0.25, -0.2) is 4.79 Å². The summed E-state index contributed by atoms with van der Waals surface area (Å²) in [7, 11) is 0. The van der Waals surface area contributed by atoms with Crippen molar-refractivity contribution in [3.05, 3.63) is 58.9 Å². The van der Waals surface area contributed by atoms with Crippen molar-refractivity contribution >= 4 is 11.9 Å². The smallest absolute Gasteiger partial charge is 0.329 e. The van der Waals surface area contributed by atoms with Crippen LogP contribution >= 0.6 is 0 Å². The summed E-state index contributed by atoms with van der Waals surface area (Å²) in [4.78, 5) is 26.4. The van der Waals surface area contributed by atoms with Gasteiger partial charge in [-0.2, -0.15) is 0 Å². The maximum atomic E-state index is 13.2. The van der Waals surface area contributed by atoms with E-state index in [4.69, 9.17) is 0 Å². The van der Waals surface area contributed by atoms with Crippen molar-refractivity contribution in [1.82, 2.24) is 9.47 Å². The molecule has 1 aromatic carbocycles. The number of aryl methyl sites for hydroxylation is 1. The van der Waals surface area contributed by atoms with E-state index in [9.17, 15) is 14.7 Å². The number of amides is 1. The molecular weight excluding hydrogens is 328 g/mol. The van der Waals surface area contributed by atoms with Crippen LogP contribution in [-0.4, -0.2) is 38.5 Å². The zero-order valence-electron chi connectivity index (χ0n) is 15.8. The van der Waals surface area contributed by atoms with Gasteiger partial charge in [0, 0.05) is 17.9 Å². The summed E-state index contributed by atoms with van der Waals surface area (Å²) >= 11 is 0. The molecule has 0 saturated carbocycles. The number of carbonyl (C=O) groups is 2. The van der Waals surface area contributed by atoms with E-state index < -0.39 is 11.5 Å². The third-order valence-electron chi connectivity index (χ3n) is 5.73. The highest BCUT2D eigenvalue weighted by atomic mass is 16.4. The lowest BCUT2D eigenvalue weighted by Gasteiger charge is -2.31. The number of carbonyl (C=O) groups excluding carboxylic acids is 1. The molecule has 2 atom stereocenters. The predicted molar refractivity (Wildman–Crippen MR) is 100 cm³/mol. The quantitative estimate of drug-likeness (QED) is 0.908. The Morgan fingerprint density at radius 1 is 1.19 bits per heavy atom. The number of aromatic nitrogens is 1. The average Bonchev–Trinajstić information content (AvgIpc) is 3.15. The van der Waals surface area contributed by atoms with Crippen molar-refractivity contribution in [2.24, 2.45) is 0 Å². The summed E-state index contributed by atoms with van der Waals surface area (Å²) in [5.74, 6) is -1.12. The molecule has 2 unspecified atom stereocenters. The van der Waals surface area contributed by atoms with Crippen molar-refractivity contribution in [2.75, 3.05) is 6.54 Å². The lowest BCUT2D eigenvalue weighted by atomic mass is 9.98. The second kappa shape index (κ2) is 6.63. The second-order valence-corrected chi connectivity index (χ2v) is 7.38. The molecule has 0 bridgehead atoms. The summed E-state index contributed by atoms with van der Waals surface area (Å²) in [5, 5.41) is 9.61. The average molecular weight is 354 g/mol. The number of nitrogens with zero attached hydrogens (tertiary/aromatic N) is 2. The fraction of sp³-hybridized carbons (Fsp3) is 0.429. The molecule has 2 heterocycles. The minimum Gasteiger partial charge on any atom is -0.480 e. The Labute approximate surface area is 154 Å². The Morgan fingerprint density at radius 3 is 2.46 bits per heavy atom. The second-order valence-electron chi connectivity index (χ2n) is 7.38. The lowest BCUT2D eigenvalue weighted by Crippen LogP contribution is -2.50. The molecule has 1 fully saturated rings. The van der Waals surface area contributed by atoms with Crippen molar-refractivity contribution < 1.29 is 14.7 Å². The minimum atomic E-state index is -1.12. The van der Waals surface area contributed by atoms with Gasteiger partial charge in [-0.3, -0.25) is 4.79 Å². The molecule has 138 valence electrons. The molecule has 0 radical (unpaired) electrons. The lowest BCUT2D eigenvalue weighted by molar-refractivity contribution is -0.147. The standard InChI is InChI=1S/C21H26N2O3/c1-14-13-18(19(24)22-12-8-11-21(22,4)20(25)26)16(3)23(14)15(2)17-9-6-5-7-10-17/h5-7,9-10,13,15H,8,11-12H2,1-4H3,(H,25,26). The number of benzene rings is 1. The van der Waals surface area contributed by atoms with Gasteiger partial charge in [0.2, 0.25) is 0 Å². The van der Waals surface area contributed by atoms with Crippen LogP contribution in [0, 0.1) is 13.8 Å². The van der Waals surface area contributed by atoms with Gasteiger partial charge in [0.05, 0.1) is 11.6 Å². The van der Waals surface area contributed by atoms with Gasteiger partial charge in [-0.05, 0) is 52.2 Å². The minimum absolute atomic E-state index is 0.0992. The molecule has 3 rings (SSSR count). The number of hydrogen-bond donors (Lipinski definition) is 1. The van der Waals surface area contributed by atoms with Crippen LogP contribution in [0.5, 0.6) is 0 Å². The van der Waals surface area contributed by atoms with E-state index in [0.717, 1.165) is 11.4 Å². The fourth-order valence-electron chi connectivity index (χ4n) is 4.13. The Hall–Kier alpha value is -2.56. The normalized spacial score (nSPS) is 21.0. The van der Waals surface area contributed by atoms with Crippen LogP contribution in [-0.2, 0) is 4.79 Å². The maximum absolute atomic E-state index is 13.2. The summed E-state index contributed by atoms with van der Waals surface area (Å²) in [6.45, 7) is 8.17. The number of rotatable bonds is 4. The molecule has 1 saturated heterocycles. The van der Waals surface area contributed by atoms with Crippen molar-refractivity contribution in [1.29, 1.82) is 0 Å². The number of likely N-dealkylation sites (tertiary alicyclic amines) is 1. The Balaban J connectivity index is 1.98. The molecule has 0 aliphatic carbocycles. The number of carboxylic acid groups (broad SMARTS) is 1. The van der Waals surface area contributed by atoms with Crippen molar-refractivity contribution in [2.45, 2.75) is 52.1 Å². The van der Waals surface area contributed by atoms with Crippen LogP contribution < -0.4 is 0 Å². The molecule has 1 aliphatic heterocycles. The molecule has 1 aliphatic rings. The van der Waals surface area contributed by atoms with Crippen LogP contribution in [0.4, 0.5) is 0 Å². The molecule has 0 spiro atoms. The zero-order chi connectivity index (χ0) is 19.1. The number of carboxylic acids is 1. The van der Waals surface area contributed by atoms with Gasteiger partial charge in [0.1, 0.15) is 5.54 Å². The fourth-order valence-corrected chi connectivity index (χ4v) is 4.13. The maximum Gasteiger partial charge on any atom is 0.329 e. The van der Waals surface area contributed by atoms with E-state index in [1.807, 2.05) is 38.1 Å². The van der Waals surface area contributed by atoms with E-state index >= 15 is 0 Å². The van der Waals surface area contributed by atoms with Gasteiger partial charge < -0.3 is 14.6 Å². The molecule has 5 heteroatoms. The summed E-state index contributed by atoms with van der Waals surface area (Å²) < 4.78 is 2.15. The third kappa shape index (κ3) is 2.81. The zero-order valence-corrected chi connectivity index (χ0v) is 15.8. The first kappa shape index (κ1) is 18.2. The van der Waals surface area contributed by atoms with Crippen molar-refractivity contribution in [3.63, 3.8) is 0 Å². The van der Waals surface area contributed by atoms with E-state index in [2.05, 4.69) is 23.6 Å². The van der Waals surface area contributed by atoms with Crippen LogP contribution in [0.25, 0.3) is 0 Å². The van der Waals surface area contributed by atoms with Crippen molar-refractivity contribution in [3.8, 4) is 0 Å². The molecule has 1 N–H and O–H groups in total. The SMILES string of the molecule is Cc1cc(C(=O)N2CCCC2(C)C(=O)O)c(C)n1C(C)c1ccccc1. The number of hydrogen-bond acceptors (Lipinski definition) is 2.